The van der Waals surface area contributed by atoms with Crippen molar-refractivity contribution < 1.29 is 4.74 Å². The third-order valence-corrected chi connectivity index (χ3v) is 4.32. The molecule has 0 bridgehead atoms. The van der Waals surface area contributed by atoms with Crippen molar-refractivity contribution >= 4 is 0 Å². The van der Waals surface area contributed by atoms with Gasteiger partial charge in [-0.1, -0.05) is 0 Å². The molecule has 2 rings (SSSR count). The normalized spacial score (nSPS) is 33.4. The lowest BCUT2D eigenvalue weighted by Gasteiger charge is -2.50. The van der Waals surface area contributed by atoms with Gasteiger partial charge in [0.15, 0.2) is 0 Å². The third-order valence-electron chi connectivity index (χ3n) is 4.32. The summed E-state index contributed by atoms with van der Waals surface area (Å²) >= 11 is 0. The van der Waals surface area contributed by atoms with Crippen LogP contribution in [0.4, 0.5) is 0 Å². The third kappa shape index (κ3) is 3.03. The van der Waals surface area contributed by atoms with E-state index in [1.165, 1.54) is 12.8 Å². The number of hydrogen-bond donors (Lipinski definition) is 0. The zero-order valence-corrected chi connectivity index (χ0v) is 11.9. The minimum absolute atomic E-state index is 0.173. The molecule has 0 aliphatic carbocycles. The lowest BCUT2D eigenvalue weighted by atomic mass is 9.94. The highest BCUT2D eigenvalue weighted by Gasteiger charge is 2.38. The molecule has 2 atom stereocenters. The molecule has 102 valence electrons. The summed E-state index contributed by atoms with van der Waals surface area (Å²) in [6, 6.07) is 2.67. The standard InChI is InChI=1S/C14H25N3O/c1-14(2)11-16(3)12(6-7-15)9-17(14)10-13-5-4-8-18-13/h12-13H,4-6,8-11H2,1-3H3. The van der Waals surface area contributed by atoms with E-state index in [1.54, 1.807) is 0 Å². The zero-order valence-electron chi connectivity index (χ0n) is 11.9. The SMILES string of the molecule is CN1CC(C)(C)N(CC2CCCO2)CC1CC#N. The Morgan fingerprint density at radius 1 is 1.44 bits per heavy atom. The summed E-state index contributed by atoms with van der Waals surface area (Å²) in [6.45, 7) is 8.52. The first-order valence-electron chi connectivity index (χ1n) is 6.97. The molecular formula is C14H25N3O. The van der Waals surface area contributed by atoms with E-state index < -0.39 is 0 Å². The van der Waals surface area contributed by atoms with Crippen LogP contribution in [0.15, 0.2) is 0 Å². The van der Waals surface area contributed by atoms with Gasteiger partial charge < -0.3 is 4.74 Å². The number of nitriles is 1. The maximum absolute atomic E-state index is 8.92. The molecule has 2 fully saturated rings. The summed E-state index contributed by atoms with van der Waals surface area (Å²) in [5.41, 5.74) is 0.173. The molecule has 0 N–H and O–H groups in total. The second-order valence-corrected chi connectivity index (χ2v) is 6.28. The van der Waals surface area contributed by atoms with E-state index >= 15 is 0 Å². The Bertz CT molecular complexity index is 317. The lowest BCUT2D eigenvalue weighted by Crippen LogP contribution is -2.63. The Morgan fingerprint density at radius 2 is 2.22 bits per heavy atom. The van der Waals surface area contributed by atoms with E-state index in [1.807, 2.05) is 0 Å². The fraction of sp³-hybridized carbons (Fsp3) is 0.929. The van der Waals surface area contributed by atoms with Gasteiger partial charge >= 0.3 is 0 Å². The summed E-state index contributed by atoms with van der Waals surface area (Å²) in [6.07, 6.45) is 3.40. The minimum Gasteiger partial charge on any atom is -0.377 e. The van der Waals surface area contributed by atoms with Crippen LogP contribution in [-0.2, 0) is 4.74 Å². The van der Waals surface area contributed by atoms with Crippen LogP contribution in [0.5, 0.6) is 0 Å². The van der Waals surface area contributed by atoms with Crippen molar-refractivity contribution in [1.82, 2.24) is 9.80 Å². The molecule has 2 aliphatic rings. The maximum Gasteiger partial charge on any atom is 0.0703 e. The largest absolute Gasteiger partial charge is 0.377 e. The minimum atomic E-state index is 0.173. The number of nitrogens with zero attached hydrogens (tertiary/aromatic N) is 3. The second kappa shape index (κ2) is 5.56. The molecule has 0 saturated carbocycles. The number of hydrogen-bond acceptors (Lipinski definition) is 4. The molecule has 4 heteroatoms. The Balaban J connectivity index is 1.99. The molecule has 2 saturated heterocycles. The van der Waals surface area contributed by atoms with Crippen molar-refractivity contribution in [2.45, 2.75) is 50.8 Å². The monoisotopic (exact) mass is 251 g/mol. The Labute approximate surface area is 110 Å². The van der Waals surface area contributed by atoms with Crippen LogP contribution in [0.2, 0.25) is 0 Å². The van der Waals surface area contributed by atoms with Crippen LogP contribution < -0.4 is 0 Å². The Kier molecular flexibility index (Phi) is 4.26. The molecule has 0 radical (unpaired) electrons. The van der Waals surface area contributed by atoms with Crippen LogP contribution in [0, 0.1) is 11.3 Å². The van der Waals surface area contributed by atoms with Crippen LogP contribution in [0.3, 0.4) is 0 Å². The fourth-order valence-electron chi connectivity index (χ4n) is 3.16. The van der Waals surface area contributed by atoms with Crippen LogP contribution in [0.1, 0.15) is 33.1 Å². The molecular weight excluding hydrogens is 226 g/mol. The zero-order chi connectivity index (χ0) is 13.2. The van der Waals surface area contributed by atoms with Crippen molar-refractivity contribution in [3.8, 4) is 6.07 Å². The van der Waals surface area contributed by atoms with Crippen molar-refractivity contribution in [3.05, 3.63) is 0 Å². The van der Waals surface area contributed by atoms with E-state index in [0.717, 1.165) is 26.2 Å². The highest BCUT2D eigenvalue weighted by Crippen LogP contribution is 2.26. The first-order valence-corrected chi connectivity index (χ1v) is 6.97. The molecule has 0 amide bonds. The van der Waals surface area contributed by atoms with Gasteiger partial charge in [-0.3, -0.25) is 9.80 Å². The number of rotatable bonds is 3. The van der Waals surface area contributed by atoms with E-state index in [4.69, 9.17) is 10.00 Å². The molecule has 18 heavy (non-hydrogen) atoms. The van der Waals surface area contributed by atoms with Gasteiger partial charge in [0, 0.05) is 37.8 Å². The average Bonchev–Trinajstić information content (AvgIpc) is 2.77. The van der Waals surface area contributed by atoms with Crippen molar-refractivity contribution in [2.24, 2.45) is 0 Å². The molecule has 0 spiro atoms. The first-order chi connectivity index (χ1) is 8.53. The average molecular weight is 251 g/mol. The maximum atomic E-state index is 8.92. The van der Waals surface area contributed by atoms with Crippen molar-refractivity contribution in [2.75, 3.05) is 33.3 Å². The van der Waals surface area contributed by atoms with Gasteiger partial charge in [-0.05, 0) is 33.7 Å². The van der Waals surface area contributed by atoms with Crippen molar-refractivity contribution in [1.29, 1.82) is 5.26 Å². The van der Waals surface area contributed by atoms with Gasteiger partial charge in [0.2, 0.25) is 0 Å². The fourth-order valence-corrected chi connectivity index (χ4v) is 3.16. The summed E-state index contributed by atoms with van der Waals surface area (Å²) in [5, 5.41) is 8.92. The predicted molar refractivity (Wildman–Crippen MR) is 71.3 cm³/mol. The summed E-state index contributed by atoms with van der Waals surface area (Å²) < 4.78 is 5.75. The number of likely N-dealkylation sites (N-methyl/N-ethyl adjacent to an activating group) is 1. The predicted octanol–water partition coefficient (Wildman–Crippen LogP) is 1.47. The van der Waals surface area contributed by atoms with E-state index in [-0.39, 0.29) is 5.54 Å². The number of ether oxygens (including phenoxy) is 1. The summed E-state index contributed by atoms with van der Waals surface area (Å²) in [5.74, 6) is 0. The second-order valence-electron chi connectivity index (χ2n) is 6.28. The molecule has 2 heterocycles. The number of piperazine rings is 1. The summed E-state index contributed by atoms with van der Waals surface area (Å²) in [7, 11) is 2.13. The van der Waals surface area contributed by atoms with Crippen molar-refractivity contribution in [3.63, 3.8) is 0 Å². The van der Waals surface area contributed by atoms with Gasteiger partial charge in [-0.2, -0.15) is 5.26 Å². The molecule has 0 aromatic rings. The van der Waals surface area contributed by atoms with Gasteiger partial charge in [-0.15, -0.1) is 0 Å². The topological polar surface area (TPSA) is 39.5 Å². The van der Waals surface area contributed by atoms with Gasteiger partial charge in [0.05, 0.1) is 18.6 Å². The van der Waals surface area contributed by atoms with E-state index in [2.05, 4.69) is 36.8 Å². The molecule has 2 unspecified atom stereocenters. The quantitative estimate of drug-likeness (QED) is 0.761. The Hall–Kier alpha value is -0.630. The van der Waals surface area contributed by atoms with Crippen LogP contribution in [-0.4, -0.2) is 60.8 Å². The highest BCUT2D eigenvalue weighted by atomic mass is 16.5. The van der Waals surface area contributed by atoms with E-state index in [9.17, 15) is 0 Å². The van der Waals surface area contributed by atoms with Gasteiger partial charge in [-0.25, -0.2) is 0 Å². The van der Waals surface area contributed by atoms with Crippen LogP contribution >= 0.6 is 0 Å². The van der Waals surface area contributed by atoms with Crippen LogP contribution in [0.25, 0.3) is 0 Å². The first kappa shape index (κ1) is 13.8. The van der Waals surface area contributed by atoms with Gasteiger partial charge in [0.25, 0.3) is 0 Å². The molecule has 4 nitrogen and oxygen atoms in total. The van der Waals surface area contributed by atoms with E-state index in [0.29, 0.717) is 18.6 Å². The highest BCUT2D eigenvalue weighted by molar-refractivity contribution is 4.97. The molecule has 2 aliphatic heterocycles. The smallest absolute Gasteiger partial charge is 0.0703 e. The van der Waals surface area contributed by atoms with Gasteiger partial charge in [0.1, 0.15) is 0 Å². The Morgan fingerprint density at radius 3 is 2.83 bits per heavy atom. The lowest BCUT2D eigenvalue weighted by molar-refractivity contribution is -0.0333. The molecule has 0 aromatic carbocycles. The molecule has 0 aromatic heterocycles. The summed E-state index contributed by atoms with van der Waals surface area (Å²) in [4.78, 5) is 4.85.